The lowest BCUT2D eigenvalue weighted by Crippen LogP contribution is -2.34. The summed E-state index contributed by atoms with van der Waals surface area (Å²) in [7, 11) is 1.66. The number of benzene rings is 1. The Morgan fingerprint density at radius 2 is 2.25 bits per heavy atom. The Morgan fingerprint density at radius 1 is 1.50 bits per heavy atom. The van der Waals surface area contributed by atoms with Crippen molar-refractivity contribution in [1.29, 1.82) is 0 Å². The van der Waals surface area contributed by atoms with Gasteiger partial charge in [-0.2, -0.15) is 0 Å². The number of hydrogen-bond donors (Lipinski definition) is 1. The van der Waals surface area contributed by atoms with Crippen LogP contribution in [-0.4, -0.2) is 40.5 Å². The van der Waals surface area contributed by atoms with Gasteiger partial charge in [0.1, 0.15) is 0 Å². The minimum atomic E-state index is -0.516. The molecule has 1 aromatic rings. The van der Waals surface area contributed by atoms with Crippen LogP contribution in [0, 0.1) is 16.0 Å². The highest BCUT2D eigenvalue weighted by atomic mass is 16.6. The number of nitro benzene ring substituents is 1. The molecule has 1 amide bonds. The zero-order valence-electron chi connectivity index (χ0n) is 11.4. The van der Waals surface area contributed by atoms with Gasteiger partial charge in [-0.05, 0) is 18.9 Å². The molecular weight excluding hydrogens is 260 g/mol. The van der Waals surface area contributed by atoms with Gasteiger partial charge in [0.25, 0.3) is 11.6 Å². The van der Waals surface area contributed by atoms with Gasteiger partial charge in [-0.3, -0.25) is 14.9 Å². The van der Waals surface area contributed by atoms with E-state index in [1.807, 2.05) is 0 Å². The van der Waals surface area contributed by atoms with Gasteiger partial charge < -0.3 is 10.0 Å². The van der Waals surface area contributed by atoms with Gasteiger partial charge in [-0.15, -0.1) is 0 Å². The molecule has 1 N–H and O–H groups in total. The molecule has 0 aromatic heterocycles. The summed E-state index contributed by atoms with van der Waals surface area (Å²) >= 11 is 0. The highest BCUT2D eigenvalue weighted by Crippen LogP contribution is 2.26. The second-order valence-electron chi connectivity index (χ2n) is 5.25. The molecule has 6 heteroatoms. The fraction of sp³-hybridized carbons (Fsp3) is 0.500. The van der Waals surface area contributed by atoms with Crippen LogP contribution in [0.5, 0.6) is 0 Å². The topological polar surface area (TPSA) is 83.7 Å². The molecule has 2 atom stereocenters. The van der Waals surface area contributed by atoms with E-state index >= 15 is 0 Å². The lowest BCUT2D eigenvalue weighted by molar-refractivity contribution is -0.384. The monoisotopic (exact) mass is 278 g/mol. The summed E-state index contributed by atoms with van der Waals surface area (Å²) in [4.78, 5) is 24.0. The highest BCUT2D eigenvalue weighted by Gasteiger charge is 2.28. The highest BCUT2D eigenvalue weighted by molar-refractivity contribution is 5.94. The summed E-state index contributed by atoms with van der Waals surface area (Å²) in [6.45, 7) is 0.475. The number of carbonyl (C=O) groups excluding carboxylic acids is 1. The van der Waals surface area contributed by atoms with Gasteiger partial charge in [0.2, 0.25) is 0 Å². The molecule has 1 saturated carbocycles. The lowest BCUT2D eigenvalue weighted by Gasteiger charge is -2.23. The first-order chi connectivity index (χ1) is 9.49. The van der Waals surface area contributed by atoms with Crippen LogP contribution in [0.4, 0.5) is 5.69 Å². The Bertz CT molecular complexity index is 518. The van der Waals surface area contributed by atoms with E-state index in [0.717, 1.165) is 19.3 Å². The Hall–Kier alpha value is -1.95. The van der Waals surface area contributed by atoms with Gasteiger partial charge in [-0.25, -0.2) is 0 Å². The summed E-state index contributed by atoms with van der Waals surface area (Å²) in [6.07, 6.45) is 2.32. The average molecular weight is 278 g/mol. The summed E-state index contributed by atoms with van der Waals surface area (Å²) < 4.78 is 0. The number of nitro groups is 1. The maximum absolute atomic E-state index is 12.2. The van der Waals surface area contributed by atoms with Crippen LogP contribution in [0.1, 0.15) is 29.6 Å². The number of carbonyl (C=O) groups is 1. The van der Waals surface area contributed by atoms with Crippen LogP contribution in [0.15, 0.2) is 24.3 Å². The van der Waals surface area contributed by atoms with Gasteiger partial charge in [-0.1, -0.05) is 12.5 Å². The average Bonchev–Trinajstić information content (AvgIpc) is 2.83. The standard InChI is InChI=1S/C14H18N2O4/c1-15(9-11-5-3-7-13(11)17)14(18)10-4-2-6-12(8-10)16(19)20/h2,4,6,8,11,13,17H,3,5,7,9H2,1H3. The smallest absolute Gasteiger partial charge is 0.270 e. The van der Waals surface area contributed by atoms with Gasteiger partial charge in [0.05, 0.1) is 11.0 Å². The van der Waals surface area contributed by atoms with E-state index in [9.17, 15) is 20.0 Å². The molecule has 1 aliphatic carbocycles. The third-order valence-electron chi connectivity index (χ3n) is 3.78. The van der Waals surface area contributed by atoms with Crippen molar-refractivity contribution < 1.29 is 14.8 Å². The van der Waals surface area contributed by atoms with Crippen LogP contribution in [0.25, 0.3) is 0 Å². The molecule has 1 aliphatic rings. The van der Waals surface area contributed by atoms with Crippen molar-refractivity contribution in [3.05, 3.63) is 39.9 Å². The molecule has 0 saturated heterocycles. The molecule has 108 valence electrons. The summed E-state index contributed by atoms with van der Waals surface area (Å²) in [5.74, 6) is -0.157. The number of hydrogen-bond acceptors (Lipinski definition) is 4. The fourth-order valence-corrected chi connectivity index (χ4v) is 2.64. The van der Waals surface area contributed by atoms with Crippen molar-refractivity contribution in [2.24, 2.45) is 5.92 Å². The molecule has 1 fully saturated rings. The molecular formula is C14H18N2O4. The minimum Gasteiger partial charge on any atom is -0.393 e. The van der Waals surface area contributed by atoms with E-state index in [4.69, 9.17) is 0 Å². The summed E-state index contributed by atoms with van der Waals surface area (Å²) in [6, 6.07) is 5.71. The molecule has 2 unspecified atom stereocenters. The van der Waals surface area contributed by atoms with Crippen molar-refractivity contribution in [2.75, 3.05) is 13.6 Å². The first kappa shape index (κ1) is 14.5. The second kappa shape index (κ2) is 6.00. The minimum absolute atomic E-state index is 0.0925. The summed E-state index contributed by atoms with van der Waals surface area (Å²) in [5.41, 5.74) is 0.208. The van der Waals surface area contributed by atoms with Crippen molar-refractivity contribution in [3.63, 3.8) is 0 Å². The zero-order chi connectivity index (χ0) is 14.7. The molecule has 0 radical (unpaired) electrons. The Labute approximate surface area is 117 Å². The van der Waals surface area contributed by atoms with Crippen molar-refractivity contribution in [3.8, 4) is 0 Å². The largest absolute Gasteiger partial charge is 0.393 e. The molecule has 0 spiro atoms. The Balaban J connectivity index is 2.06. The predicted octanol–water partition coefficient (Wildman–Crippen LogP) is 1.83. The third-order valence-corrected chi connectivity index (χ3v) is 3.78. The number of rotatable bonds is 4. The van der Waals surface area contributed by atoms with E-state index in [1.165, 1.54) is 23.1 Å². The van der Waals surface area contributed by atoms with Crippen LogP contribution in [0.3, 0.4) is 0 Å². The first-order valence-electron chi connectivity index (χ1n) is 6.67. The van der Waals surface area contributed by atoms with Crippen LogP contribution in [0.2, 0.25) is 0 Å². The molecule has 6 nitrogen and oxygen atoms in total. The lowest BCUT2D eigenvalue weighted by atomic mass is 10.1. The van der Waals surface area contributed by atoms with E-state index in [2.05, 4.69) is 0 Å². The van der Waals surface area contributed by atoms with Gasteiger partial charge >= 0.3 is 0 Å². The van der Waals surface area contributed by atoms with Crippen LogP contribution < -0.4 is 0 Å². The molecule has 0 aliphatic heterocycles. The van der Waals surface area contributed by atoms with Gasteiger partial charge in [0, 0.05) is 37.2 Å². The first-order valence-corrected chi connectivity index (χ1v) is 6.67. The quantitative estimate of drug-likeness (QED) is 0.672. The number of amides is 1. The normalized spacial score (nSPS) is 21.7. The molecule has 0 bridgehead atoms. The number of non-ortho nitro benzene ring substituents is 1. The predicted molar refractivity (Wildman–Crippen MR) is 73.4 cm³/mol. The SMILES string of the molecule is CN(CC1CCCC1O)C(=O)c1cccc([N+](=O)[O-])c1. The Kier molecular flexibility index (Phi) is 4.34. The molecule has 0 heterocycles. The maximum Gasteiger partial charge on any atom is 0.270 e. The van der Waals surface area contributed by atoms with Gasteiger partial charge in [0.15, 0.2) is 0 Å². The van der Waals surface area contributed by atoms with E-state index in [1.54, 1.807) is 13.1 Å². The Morgan fingerprint density at radius 3 is 2.85 bits per heavy atom. The van der Waals surface area contributed by atoms with E-state index in [-0.39, 0.29) is 23.6 Å². The molecule has 20 heavy (non-hydrogen) atoms. The number of aliphatic hydroxyl groups excluding tert-OH is 1. The second-order valence-corrected chi connectivity index (χ2v) is 5.25. The van der Waals surface area contributed by atoms with Crippen LogP contribution >= 0.6 is 0 Å². The number of aliphatic hydroxyl groups is 1. The zero-order valence-corrected chi connectivity index (χ0v) is 11.4. The molecule has 2 rings (SSSR count). The molecule has 1 aromatic carbocycles. The maximum atomic E-state index is 12.2. The number of nitrogens with zero attached hydrogens (tertiary/aromatic N) is 2. The van der Waals surface area contributed by atoms with Crippen LogP contribution in [-0.2, 0) is 0 Å². The van der Waals surface area contributed by atoms with Crippen molar-refractivity contribution in [2.45, 2.75) is 25.4 Å². The van der Waals surface area contributed by atoms with Crippen molar-refractivity contribution >= 4 is 11.6 Å². The third kappa shape index (κ3) is 3.14. The van der Waals surface area contributed by atoms with Crippen molar-refractivity contribution in [1.82, 2.24) is 4.90 Å². The van der Waals surface area contributed by atoms with E-state index in [0.29, 0.717) is 12.1 Å². The fourth-order valence-electron chi connectivity index (χ4n) is 2.64. The summed E-state index contributed by atoms with van der Waals surface area (Å²) in [5, 5.41) is 20.5. The van der Waals surface area contributed by atoms with E-state index < -0.39 is 4.92 Å².